The van der Waals surface area contributed by atoms with E-state index in [-0.39, 0.29) is 31.4 Å². The summed E-state index contributed by atoms with van der Waals surface area (Å²) in [6, 6.07) is 5.60. The second-order valence-electron chi connectivity index (χ2n) is 6.86. The quantitative estimate of drug-likeness (QED) is 0.280. The number of ether oxygens (including phenoxy) is 1. The Labute approximate surface area is 176 Å². The van der Waals surface area contributed by atoms with Crippen LogP contribution < -0.4 is 16.0 Å². The lowest BCUT2D eigenvalue weighted by Crippen LogP contribution is -2.50. The number of rotatable bonds is 13. The Bertz CT molecular complexity index is 705. The molecule has 0 bridgehead atoms. The molecule has 0 aromatic heterocycles. The van der Waals surface area contributed by atoms with Crippen molar-refractivity contribution < 1.29 is 29.0 Å². The Morgan fingerprint density at radius 2 is 1.73 bits per heavy atom. The first-order valence-corrected chi connectivity index (χ1v) is 10.1. The van der Waals surface area contributed by atoms with E-state index in [2.05, 4.69) is 22.9 Å². The molecule has 0 fully saturated rings. The van der Waals surface area contributed by atoms with Crippen LogP contribution in [0, 0.1) is 0 Å². The number of amides is 3. The van der Waals surface area contributed by atoms with Gasteiger partial charge in [-0.2, -0.15) is 0 Å². The van der Waals surface area contributed by atoms with Crippen LogP contribution in [0.3, 0.4) is 0 Å². The Kier molecular flexibility index (Phi) is 11.8. The molecular formula is C21H31N3O6. The molecule has 0 saturated heterocycles. The van der Waals surface area contributed by atoms with Gasteiger partial charge in [-0.15, -0.1) is 0 Å². The molecule has 1 unspecified atom stereocenters. The van der Waals surface area contributed by atoms with Crippen LogP contribution >= 0.6 is 0 Å². The second-order valence-corrected chi connectivity index (χ2v) is 6.86. The zero-order valence-corrected chi connectivity index (χ0v) is 17.5. The third-order valence-electron chi connectivity index (χ3n) is 4.19. The van der Waals surface area contributed by atoms with Crippen molar-refractivity contribution in [1.82, 2.24) is 10.6 Å². The van der Waals surface area contributed by atoms with E-state index in [1.165, 1.54) is 6.92 Å². The number of anilines is 1. The molecule has 9 nitrogen and oxygen atoms in total. The van der Waals surface area contributed by atoms with Crippen LogP contribution in [-0.2, 0) is 30.5 Å². The lowest BCUT2D eigenvalue weighted by Gasteiger charge is -2.16. The van der Waals surface area contributed by atoms with Crippen LogP contribution in [0.5, 0.6) is 0 Å². The van der Waals surface area contributed by atoms with Crippen molar-refractivity contribution in [3.63, 3.8) is 0 Å². The van der Waals surface area contributed by atoms with Crippen molar-refractivity contribution in [2.24, 2.45) is 0 Å². The summed E-state index contributed by atoms with van der Waals surface area (Å²) in [5.74, 6) is -1.78. The Morgan fingerprint density at radius 1 is 1.03 bits per heavy atom. The molecule has 9 heteroatoms. The molecule has 0 heterocycles. The van der Waals surface area contributed by atoms with Gasteiger partial charge in [0.25, 0.3) is 0 Å². The molecule has 0 radical (unpaired) electrons. The summed E-state index contributed by atoms with van der Waals surface area (Å²) in [6.07, 6.45) is 4.05. The Balaban J connectivity index is 2.38. The van der Waals surface area contributed by atoms with Crippen LogP contribution in [-0.4, -0.2) is 48.0 Å². The van der Waals surface area contributed by atoms with Gasteiger partial charge in [0.15, 0.2) is 0 Å². The molecule has 3 amide bonds. The predicted octanol–water partition coefficient (Wildman–Crippen LogP) is 1.25. The molecule has 0 aliphatic carbocycles. The second kappa shape index (κ2) is 14.1. The molecule has 1 aromatic carbocycles. The van der Waals surface area contributed by atoms with Crippen LogP contribution in [0.1, 0.15) is 51.5 Å². The summed E-state index contributed by atoms with van der Waals surface area (Å²) in [6.45, 7) is 2.67. The Morgan fingerprint density at radius 3 is 2.33 bits per heavy atom. The lowest BCUT2D eigenvalue weighted by atomic mass is 10.1. The van der Waals surface area contributed by atoms with Crippen LogP contribution in [0.4, 0.5) is 5.69 Å². The van der Waals surface area contributed by atoms with E-state index in [0.717, 1.165) is 31.2 Å². The third-order valence-corrected chi connectivity index (χ3v) is 4.19. The highest BCUT2D eigenvalue weighted by Gasteiger charge is 2.20. The maximum Gasteiger partial charge on any atom is 0.302 e. The molecule has 166 valence electrons. The lowest BCUT2D eigenvalue weighted by molar-refractivity contribution is -0.142. The number of aliphatic hydroxyl groups is 1. The zero-order valence-electron chi connectivity index (χ0n) is 17.5. The number of carbonyl (C=O) groups excluding carboxylic acids is 4. The minimum absolute atomic E-state index is 0.145. The highest BCUT2D eigenvalue weighted by atomic mass is 16.5. The van der Waals surface area contributed by atoms with Gasteiger partial charge in [0.05, 0.1) is 13.2 Å². The van der Waals surface area contributed by atoms with Gasteiger partial charge in [-0.3, -0.25) is 19.2 Å². The number of carbonyl (C=O) groups is 4. The van der Waals surface area contributed by atoms with E-state index in [1.54, 1.807) is 24.3 Å². The van der Waals surface area contributed by atoms with Gasteiger partial charge in [-0.25, -0.2) is 0 Å². The van der Waals surface area contributed by atoms with E-state index in [9.17, 15) is 24.3 Å². The number of unbranched alkanes of at least 4 members (excludes halogenated alkanes) is 3. The van der Waals surface area contributed by atoms with Crippen molar-refractivity contribution in [2.45, 2.75) is 58.6 Å². The van der Waals surface area contributed by atoms with Crippen LogP contribution in [0.15, 0.2) is 24.3 Å². The van der Waals surface area contributed by atoms with Gasteiger partial charge in [0.2, 0.25) is 17.7 Å². The molecule has 4 N–H and O–H groups in total. The highest BCUT2D eigenvalue weighted by Crippen LogP contribution is 2.10. The summed E-state index contributed by atoms with van der Waals surface area (Å²) >= 11 is 0. The first-order chi connectivity index (χ1) is 14.3. The number of benzene rings is 1. The fourth-order valence-electron chi connectivity index (χ4n) is 2.54. The molecule has 30 heavy (non-hydrogen) atoms. The first-order valence-electron chi connectivity index (χ1n) is 10.1. The van der Waals surface area contributed by atoms with Crippen LogP contribution in [0.2, 0.25) is 0 Å². The number of esters is 1. The number of aliphatic hydroxyl groups excluding tert-OH is 1. The summed E-state index contributed by atoms with van der Waals surface area (Å²) in [7, 11) is 0. The molecule has 1 aromatic rings. The smallest absolute Gasteiger partial charge is 0.302 e. The van der Waals surface area contributed by atoms with Gasteiger partial charge in [-0.05, 0) is 24.1 Å². The fraction of sp³-hybridized carbons (Fsp3) is 0.524. The molecular weight excluding hydrogens is 390 g/mol. The van der Waals surface area contributed by atoms with Crippen molar-refractivity contribution in [3.05, 3.63) is 29.8 Å². The minimum atomic E-state index is -1.10. The molecule has 0 spiro atoms. The first kappa shape index (κ1) is 25.1. The van der Waals surface area contributed by atoms with E-state index < -0.39 is 24.5 Å². The summed E-state index contributed by atoms with van der Waals surface area (Å²) in [5.41, 5.74) is 1.28. The van der Waals surface area contributed by atoms with Gasteiger partial charge >= 0.3 is 5.97 Å². The monoisotopic (exact) mass is 421 g/mol. The summed E-state index contributed by atoms with van der Waals surface area (Å²) < 4.78 is 4.88. The zero-order chi connectivity index (χ0) is 22.4. The standard InChI is InChI=1S/C21H31N3O6/c1-3-4-5-6-7-19(27)24-18(13-25)21(29)22-12-20(28)23-17-10-8-16(9-11-17)14-30-15(2)26/h8-11,18,25H,3-7,12-14H2,1-2H3,(H,22,29)(H,23,28)(H,24,27). The van der Waals surface area contributed by atoms with E-state index in [4.69, 9.17) is 4.74 Å². The average molecular weight is 421 g/mol. The van der Waals surface area contributed by atoms with Crippen molar-refractivity contribution in [2.75, 3.05) is 18.5 Å². The van der Waals surface area contributed by atoms with E-state index >= 15 is 0 Å². The van der Waals surface area contributed by atoms with Gasteiger partial charge in [0, 0.05) is 19.0 Å². The average Bonchev–Trinajstić information content (AvgIpc) is 2.72. The van der Waals surface area contributed by atoms with Crippen molar-refractivity contribution >= 4 is 29.4 Å². The molecule has 1 rings (SSSR count). The number of hydrogen-bond donors (Lipinski definition) is 4. The topological polar surface area (TPSA) is 134 Å². The normalized spacial score (nSPS) is 11.3. The fourth-order valence-corrected chi connectivity index (χ4v) is 2.54. The maximum atomic E-state index is 12.1. The van der Waals surface area contributed by atoms with Crippen molar-refractivity contribution in [1.29, 1.82) is 0 Å². The number of hydrogen-bond acceptors (Lipinski definition) is 6. The third kappa shape index (κ3) is 10.6. The summed E-state index contributed by atoms with van der Waals surface area (Å²) in [5, 5.41) is 16.8. The molecule has 0 aliphatic heterocycles. The predicted molar refractivity (Wildman–Crippen MR) is 111 cm³/mol. The maximum absolute atomic E-state index is 12.1. The Hall–Kier alpha value is -2.94. The molecule has 0 saturated carbocycles. The summed E-state index contributed by atoms with van der Waals surface area (Å²) in [4.78, 5) is 46.8. The minimum Gasteiger partial charge on any atom is -0.461 e. The van der Waals surface area contributed by atoms with Crippen LogP contribution in [0.25, 0.3) is 0 Å². The van der Waals surface area contributed by atoms with Gasteiger partial charge in [-0.1, -0.05) is 38.3 Å². The SMILES string of the molecule is CCCCCCC(=O)NC(CO)C(=O)NCC(=O)Nc1ccc(COC(C)=O)cc1. The molecule has 0 aliphatic rings. The van der Waals surface area contributed by atoms with E-state index in [0.29, 0.717) is 5.69 Å². The largest absolute Gasteiger partial charge is 0.461 e. The van der Waals surface area contributed by atoms with Gasteiger partial charge in [0.1, 0.15) is 12.6 Å². The number of nitrogens with one attached hydrogen (secondary N) is 3. The molecule has 1 atom stereocenters. The highest BCUT2D eigenvalue weighted by molar-refractivity contribution is 5.96. The van der Waals surface area contributed by atoms with Gasteiger partial charge < -0.3 is 25.8 Å². The van der Waals surface area contributed by atoms with E-state index in [1.807, 2.05) is 0 Å². The van der Waals surface area contributed by atoms with Crippen molar-refractivity contribution in [3.8, 4) is 0 Å².